The van der Waals surface area contributed by atoms with Crippen LogP contribution in [0.4, 0.5) is 5.69 Å². The van der Waals surface area contributed by atoms with E-state index >= 15 is 0 Å². The molecule has 1 aliphatic rings. The normalized spacial score (nSPS) is 19.5. The molecule has 1 saturated heterocycles. The fourth-order valence-corrected chi connectivity index (χ4v) is 2.64. The number of aryl methyl sites for hydroxylation is 1. The molecule has 0 aromatic heterocycles. The highest BCUT2D eigenvalue weighted by Crippen LogP contribution is 2.27. The number of rotatable bonds is 5. The smallest absolute Gasteiger partial charge is 0.414 e. The molecule has 0 bridgehead atoms. The van der Waals surface area contributed by atoms with Crippen molar-refractivity contribution < 1.29 is 34.2 Å². The van der Waals surface area contributed by atoms with E-state index in [1.165, 1.54) is 6.07 Å². The van der Waals surface area contributed by atoms with Crippen molar-refractivity contribution in [2.24, 2.45) is 0 Å². The molecule has 2 rings (SSSR count). The summed E-state index contributed by atoms with van der Waals surface area (Å²) < 4.78 is 11.3. The van der Waals surface area contributed by atoms with Crippen LogP contribution in [0.2, 0.25) is 0 Å². The van der Waals surface area contributed by atoms with E-state index in [1.807, 2.05) is 26.8 Å². The third kappa shape index (κ3) is 8.01. The molecule has 2 atom stereocenters. The van der Waals surface area contributed by atoms with Gasteiger partial charge in [-0.05, 0) is 32.4 Å². The van der Waals surface area contributed by atoms with Crippen molar-refractivity contribution in [2.45, 2.75) is 33.0 Å². The van der Waals surface area contributed by atoms with Crippen molar-refractivity contribution in [3.05, 3.63) is 33.9 Å². The molecule has 10 nitrogen and oxygen atoms in total. The van der Waals surface area contributed by atoms with Gasteiger partial charge in [-0.2, -0.15) is 0 Å². The number of ether oxygens (including phenoxy) is 2. The van der Waals surface area contributed by atoms with Gasteiger partial charge in [0.1, 0.15) is 6.61 Å². The number of benzene rings is 1. The van der Waals surface area contributed by atoms with E-state index in [9.17, 15) is 10.1 Å². The van der Waals surface area contributed by atoms with E-state index in [-0.39, 0.29) is 17.9 Å². The summed E-state index contributed by atoms with van der Waals surface area (Å²) in [6.07, 6.45) is 0.421. The van der Waals surface area contributed by atoms with Crippen LogP contribution in [0.15, 0.2) is 18.2 Å². The van der Waals surface area contributed by atoms with Crippen LogP contribution in [0.3, 0.4) is 0 Å². The first-order valence-electron chi connectivity index (χ1n) is 8.32. The molecule has 0 saturated carbocycles. The number of nitro groups is 1. The third-order valence-electron chi connectivity index (χ3n) is 3.65. The van der Waals surface area contributed by atoms with Gasteiger partial charge in [0.05, 0.1) is 17.1 Å². The van der Waals surface area contributed by atoms with Crippen molar-refractivity contribution >= 4 is 17.6 Å². The molecule has 0 amide bonds. The Balaban J connectivity index is 0.000000527. The lowest BCUT2D eigenvalue weighted by atomic mass is 10.2. The second-order valence-electron chi connectivity index (χ2n) is 6.20. The van der Waals surface area contributed by atoms with Crippen LogP contribution in [0.25, 0.3) is 0 Å². The fraction of sp³-hybridized carbons (Fsp3) is 0.529. The highest BCUT2D eigenvalue weighted by Gasteiger charge is 2.22. The minimum absolute atomic E-state index is 0.0266. The molecule has 150 valence electrons. The molecule has 1 heterocycles. The van der Waals surface area contributed by atoms with E-state index in [0.29, 0.717) is 12.4 Å². The Morgan fingerprint density at radius 2 is 1.81 bits per heavy atom. The summed E-state index contributed by atoms with van der Waals surface area (Å²) >= 11 is 0. The van der Waals surface area contributed by atoms with Crippen LogP contribution in [0.5, 0.6) is 5.75 Å². The zero-order valence-corrected chi connectivity index (χ0v) is 15.5. The number of carboxylic acids is 2. The van der Waals surface area contributed by atoms with Gasteiger partial charge >= 0.3 is 17.6 Å². The Morgan fingerprint density at radius 3 is 2.30 bits per heavy atom. The molecule has 0 spiro atoms. The average molecular weight is 384 g/mol. The predicted octanol–water partition coefficient (Wildman–Crippen LogP) is 1.55. The summed E-state index contributed by atoms with van der Waals surface area (Å²) in [6.45, 7) is 8.83. The van der Waals surface area contributed by atoms with E-state index in [2.05, 4.69) is 4.90 Å². The van der Waals surface area contributed by atoms with Gasteiger partial charge in [0.15, 0.2) is 5.75 Å². The number of nitrogens with zero attached hydrogens (tertiary/aromatic N) is 2. The number of nitro benzene ring substituents is 1. The molecule has 1 fully saturated rings. The summed E-state index contributed by atoms with van der Waals surface area (Å²) in [5, 5.41) is 25.8. The number of carbonyl (C=O) groups is 2. The maximum atomic E-state index is 11.0. The Kier molecular flexibility index (Phi) is 8.63. The number of aliphatic carboxylic acids is 2. The van der Waals surface area contributed by atoms with Crippen LogP contribution in [0, 0.1) is 17.0 Å². The molecule has 1 aromatic carbocycles. The minimum atomic E-state index is -1.82. The minimum Gasteiger partial charge on any atom is -0.485 e. The Bertz CT molecular complexity index is 657. The Morgan fingerprint density at radius 1 is 1.26 bits per heavy atom. The van der Waals surface area contributed by atoms with E-state index in [4.69, 9.17) is 29.3 Å². The number of hydrogen-bond acceptors (Lipinski definition) is 7. The zero-order chi connectivity index (χ0) is 20.6. The first-order chi connectivity index (χ1) is 12.6. The summed E-state index contributed by atoms with van der Waals surface area (Å²) in [6, 6.07) is 5.02. The van der Waals surface area contributed by atoms with E-state index in [1.54, 1.807) is 6.07 Å². The first-order valence-corrected chi connectivity index (χ1v) is 8.32. The van der Waals surface area contributed by atoms with Gasteiger partial charge in [-0.3, -0.25) is 15.0 Å². The monoisotopic (exact) mass is 384 g/mol. The molecule has 1 aliphatic heterocycles. The predicted molar refractivity (Wildman–Crippen MR) is 95.0 cm³/mol. The maximum absolute atomic E-state index is 11.0. The first kappa shape index (κ1) is 22.3. The lowest BCUT2D eigenvalue weighted by Crippen LogP contribution is -2.46. The van der Waals surface area contributed by atoms with Gasteiger partial charge in [-0.25, -0.2) is 9.59 Å². The van der Waals surface area contributed by atoms with Crippen LogP contribution >= 0.6 is 0 Å². The number of carboxylic acid groups (broad SMARTS) is 2. The molecule has 0 radical (unpaired) electrons. The van der Waals surface area contributed by atoms with Crippen LogP contribution in [-0.4, -0.2) is 70.4 Å². The van der Waals surface area contributed by atoms with Crippen LogP contribution in [0.1, 0.15) is 19.4 Å². The summed E-state index contributed by atoms with van der Waals surface area (Å²) in [7, 11) is 0. The summed E-state index contributed by atoms with van der Waals surface area (Å²) in [4.78, 5) is 31.1. The maximum Gasteiger partial charge on any atom is 0.414 e. The number of morpholine rings is 1. The van der Waals surface area contributed by atoms with Gasteiger partial charge in [-0.15, -0.1) is 0 Å². The molecule has 27 heavy (non-hydrogen) atoms. The molecular formula is C17H24N2O8. The van der Waals surface area contributed by atoms with Gasteiger partial charge < -0.3 is 19.7 Å². The third-order valence-corrected chi connectivity index (χ3v) is 3.65. The molecule has 2 N–H and O–H groups in total. The van der Waals surface area contributed by atoms with Crippen molar-refractivity contribution in [3.63, 3.8) is 0 Å². The van der Waals surface area contributed by atoms with E-state index in [0.717, 1.165) is 25.2 Å². The van der Waals surface area contributed by atoms with Crippen molar-refractivity contribution in [1.29, 1.82) is 0 Å². The summed E-state index contributed by atoms with van der Waals surface area (Å²) in [5.41, 5.74) is 0.878. The lowest BCUT2D eigenvalue weighted by molar-refractivity contribution is -0.385. The largest absolute Gasteiger partial charge is 0.485 e. The molecule has 0 aliphatic carbocycles. The highest BCUT2D eigenvalue weighted by molar-refractivity contribution is 6.27. The van der Waals surface area contributed by atoms with Crippen molar-refractivity contribution in [1.82, 2.24) is 4.90 Å². The SMILES string of the molecule is Cc1ccc(OCCN2CC(C)OC(C)C2)c([N+](=O)[O-])c1.O=C(O)C(=O)O. The van der Waals surface area contributed by atoms with Crippen molar-refractivity contribution in [3.8, 4) is 5.75 Å². The summed E-state index contributed by atoms with van der Waals surface area (Å²) in [5.74, 6) is -3.31. The fourth-order valence-electron chi connectivity index (χ4n) is 2.64. The van der Waals surface area contributed by atoms with Crippen LogP contribution < -0.4 is 4.74 Å². The van der Waals surface area contributed by atoms with Gasteiger partial charge in [-0.1, -0.05) is 6.07 Å². The highest BCUT2D eigenvalue weighted by atomic mass is 16.6. The molecule has 10 heteroatoms. The van der Waals surface area contributed by atoms with Crippen LogP contribution in [-0.2, 0) is 14.3 Å². The van der Waals surface area contributed by atoms with Gasteiger partial charge in [0.2, 0.25) is 0 Å². The number of hydrogen-bond donors (Lipinski definition) is 2. The van der Waals surface area contributed by atoms with E-state index < -0.39 is 16.9 Å². The Hall–Kier alpha value is -2.72. The zero-order valence-electron chi connectivity index (χ0n) is 15.5. The second kappa shape index (κ2) is 10.4. The van der Waals surface area contributed by atoms with Gasteiger partial charge in [0.25, 0.3) is 0 Å². The Labute approximate surface area is 156 Å². The standard InChI is InChI=1S/C15H22N2O4.C2H2O4/c1-11-4-5-15(14(8-11)17(18)19)20-7-6-16-9-12(2)21-13(3)10-16;3-1(4)2(5)6/h4-5,8,12-13H,6-7,9-10H2,1-3H3;(H,3,4)(H,5,6). The molecule has 1 aromatic rings. The second-order valence-corrected chi connectivity index (χ2v) is 6.20. The van der Waals surface area contributed by atoms with Gasteiger partial charge in [0, 0.05) is 25.7 Å². The molecular weight excluding hydrogens is 360 g/mol. The lowest BCUT2D eigenvalue weighted by Gasteiger charge is -2.35. The average Bonchev–Trinajstić information content (AvgIpc) is 2.55. The van der Waals surface area contributed by atoms with Crippen molar-refractivity contribution in [2.75, 3.05) is 26.2 Å². The molecule has 2 unspecified atom stereocenters. The quantitative estimate of drug-likeness (QED) is 0.439. The topological polar surface area (TPSA) is 139 Å².